The highest BCUT2D eigenvalue weighted by atomic mass is 35.5. The molecule has 2 aromatic carbocycles. The molecule has 0 unspecified atom stereocenters. The van der Waals surface area contributed by atoms with Crippen molar-refractivity contribution in [3.63, 3.8) is 0 Å². The molecule has 27 heavy (non-hydrogen) atoms. The first-order chi connectivity index (χ1) is 13.1. The predicted octanol–water partition coefficient (Wildman–Crippen LogP) is 3.52. The molecule has 0 aliphatic carbocycles. The molecule has 0 atom stereocenters. The molecule has 0 spiro atoms. The Bertz CT molecular complexity index is 763. The molecule has 1 saturated heterocycles. The molecule has 1 heterocycles. The van der Waals surface area contributed by atoms with Crippen LogP contribution in [-0.2, 0) is 0 Å². The number of hydrazone groups is 1. The van der Waals surface area contributed by atoms with Crippen molar-refractivity contribution in [2.75, 3.05) is 52.4 Å². The molecule has 144 valence electrons. The normalized spacial score (nSPS) is 14.5. The highest BCUT2D eigenvalue weighted by molar-refractivity contribution is 6.30. The lowest BCUT2D eigenvalue weighted by Gasteiger charge is -2.34. The quantitative estimate of drug-likeness (QED) is 0.707. The van der Waals surface area contributed by atoms with Crippen molar-refractivity contribution in [1.29, 1.82) is 0 Å². The lowest BCUT2D eigenvalue weighted by atomic mass is 10.2. The Kier molecular flexibility index (Phi) is 6.29. The second kappa shape index (κ2) is 8.86. The number of ether oxygens (including phenoxy) is 3. The van der Waals surface area contributed by atoms with Crippen LogP contribution in [0.5, 0.6) is 17.2 Å². The summed E-state index contributed by atoms with van der Waals surface area (Å²) in [6.07, 6.45) is 1.82. The van der Waals surface area contributed by atoms with Crippen molar-refractivity contribution in [2.45, 2.75) is 0 Å². The topological polar surface area (TPSA) is 46.5 Å². The molecule has 0 radical (unpaired) electrons. The van der Waals surface area contributed by atoms with E-state index in [9.17, 15) is 0 Å². The van der Waals surface area contributed by atoms with E-state index in [0.29, 0.717) is 17.2 Å². The van der Waals surface area contributed by atoms with E-state index in [1.807, 2.05) is 30.5 Å². The zero-order valence-corrected chi connectivity index (χ0v) is 16.6. The maximum atomic E-state index is 5.96. The number of piperazine rings is 1. The number of hydrogen-bond acceptors (Lipinski definition) is 6. The van der Waals surface area contributed by atoms with Gasteiger partial charge < -0.3 is 19.1 Å². The van der Waals surface area contributed by atoms with Crippen LogP contribution in [0.25, 0.3) is 0 Å². The summed E-state index contributed by atoms with van der Waals surface area (Å²) in [7, 11) is 4.80. The summed E-state index contributed by atoms with van der Waals surface area (Å²) in [5, 5.41) is 7.43. The van der Waals surface area contributed by atoms with Gasteiger partial charge in [0.15, 0.2) is 11.5 Å². The molecule has 3 rings (SSSR count). The second-order valence-corrected chi connectivity index (χ2v) is 6.56. The van der Waals surface area contributed by atoms with Crippen LogP contribution in [0, 0.1) is 0 Å². The molecule has 1 aliphatic heterocycles. The molecule has 0 N–H and O–H groups in total. The second-order valence-electron chi connectivity index (χ2n) is 6.12. The third kappa shape index (κ3) is 4.57. The number of rotatable bonds is 6. The minimum absolute atomic E-state index is 0.578. The number of nitrogens with zero attached hydrogens (tertiary/aromatic N) is 3. The summed E-state index contributed by atoms with van der Waals surface area (Å²) < 4.78 is 16.1. The molecule has 0 aromatic heterocycles. The van der Waals surface area contributed by atoms with Crippen molar-refractivity contribution in [1.82, 2.24) is 5.01 Å². The van der Waals surface area contributed by atoms with Crippen molar-refractivity contribution < 1.29 is 14.2 Å². The summed E-state index contributed by atoms with van der Waals surface area (Å²) in [4.78, 5) is 2.34. The number of benzene rings is 2. The third-order valence-electron chi connectivity index (χ3n) is 4.50. The zero-order chi connectivity index (χ0) is 19.2. The number of methoxy groups -OCH3 is 3. The van der Waals surface area contributed by atoms with E-state index in [4.69, 9.17) is 25.8 Å². The Morgan fingerprint density at radius 2 is 1.48 bits per heavy atom. The minimum atomic E-state index is 0.578. The van der Waals surface area contributed by atoms with E-state index in [0.717, 1.165) is 36.8 Å². The molecule has 1 fully saturated rings. The maximum absolute atomic E-state index is 5.96. The van der Waals surface area contributed by atoms with Crippen molar-refractivity contribution in [3.8, 4) is 17.2 Å². The van der Waals surface area contributed by atoms with Crippen molar-refractivity contribution in [3.05, 3.63) is 47.0 Å². The average Bonchev–Trinajstić information content (AvgIpc) is 2.72. The molecular formula is C20H24ClN3O3. The third-order valence-corrected chi connectivity index (χ3v) is 4.76. The molecular weight excluding hydrogens is 366 g/mol. The zero-order valence-electron chi connectivity index (χ0n) is 15.8. The Morgan fingerprint density at radius 3 is 2.00 bits per heavy atom. The first-order valence-corrected chi connectivity index (χ1v) is 9.12. The average molecular weight is 390 g/mol. The summed E-state index contributed by atoms with van der Waals surface area (Å²) in [5.74, 6) is 1.81. The number of anilines is 1. The summed E-state index contributed by atoms with van der Waals surface area (Å²) >= 11 is 5.96. The highest BCUT2D eigenvalue weighted by Gasteiger charge is 2.16. The van der Waals surface area contributed by atoms with Crippen LogP contribution in [0.3, 0.4) is 0 Å². The van der Waals surface area contributed by atoms with E-state index in [2.05, 4.69) is 27.1 Å². The molecule has 1 aliphatic rings. The van der Waals surface area contributed by atoms with Gasteiger partial charge in [-0.1, -0.05) is 11.6 Å². The van der Waals surface area contributed by atoms with Gasteiger partial charge in [-0.25, -0.2) is 0 Å². The fourth-order valence-corrected chi connectivity index (χ4v) is 3.17. The summed E-state index contributed by atoms with van der Waals surface area (Å²) in [5.41, 5.74) is 2.08. The van der Waals surface area contributed by atoms with Crippen LogP contribution < -0.4 is 19.1 Å². The molecule has 7 heteroatoms. The molecule has 0 amide bonds. The minimum Gasteiger partial charge on any atom is -0.493 e. The fraction of sp³-hybridized carbons (Fsp3) is 0.350. The van der Waals surface area contributed by atoms with E-state index in [1.165, 1.54) is 5.69 Å². The van der Waals surface area contributed by atoms with Crippen LogP contribution in [-0.4, -0.2) is 58.7 Å². The van der Waals surface area contributed by atoms with Gasteiger partial charge in [0.1, 0.15) is 0 Å². The van der Waals surface area contributed by atoms with Crippen LogP contribution in [0.1, 0.15) is 5.56 Å². The first-order valence-electron chi connectivity index (χ1n) is 8.74. The fourth-order valence-electron chi connectivity index (χ4n) is 3.05. The van der Waals surface area contributed by atoms with Crippen LogP contribution >= 0.6 is 11.6 Å². The molecule has 6 nitrogen and oxygen atoms in total. The van der Waals surface area contributed by atoms with Crippen LogP contribution in [0.4, 0.5) is 5.69 Å². The van der Waals surface area contributed by atoms with E-state index < -0.39 is 0 Å². The van der Waals surface area contributed by atoms with Crippen LogP contribution in [0.2, 0.25) is 5.02 Å². The number of hydrogen-bond donors (Lipinski definition) is 0. The largest absolute Gasteiger partial charge is 0.493 e. The van der Waals surface area contributed by atoms with Gasteiger partial charge in [-0.2, -0.15) is 5.10 Å². The monoisotopic (exact) mass is 389 g/mol. The highest BCUT2D eigenvalue weighted by Crippen LogP contribution is 2.37. The maximum Gasteiger partial charge on any atom is 0.203 e. The lowest BCUT2D eigenvalue weighted by Crippen LogP contribution is -2.44. The standard InChI is InChI=1S/C20H24ClN3O3/c1-25-18-12-15(13-19(26-2)20(18)27-3)14-22-24-10-8-23(9-11-24)17-6-4-16(21)5-7-17/h4-7,12-14H,8-11H2,1-3H3/b22-14+. The van der Waals surface area contributed by atoms with E-state index in [-0.39, 0.29) is 0 Å². The van der Waals surface area contributed by atoms with Crippen molar-refractivity contribution in [2.24, 2.45) is 5.10 Å². The van der Waals surface area contributed by atoms with Gasteiger partial charge in [0, 0.05) is 29.4 Å². The Morgan fingerprint density at radius 1 is 0.889 bits per heavy atom. The Labute approximate surface area is 164 Å². The van der Waals surface area contributed by atoms with Gasteiger partial charge in [-0.15, -0.1) is 0 Å². The van der Waals surface area contributed by atoms with Crippen molar-refractivity contribution >= 4 is 23.5 Å². The molecule has 0 bridgehead atoms. The van der Waals surface area contributed by atoms with Crippen LogP contribution in [0.15, 0.2) is 41.5 Å². The smallest absolute Gasteiger partial charge is 0.203 e. The van der Waals surface area contributed by atoms with Gasteiger partial charge in [0.05, 0.1) is 40.6 Å². The van der Waals surface area contributed by atoms with Gasteiger partial charge in [-0.3, -0.25) is 5.01 Å². The molecule has 0 saturated carbocycles. The Hall–Kier alpha value is -2.60. The van der Waals surface area contributed by atoms with E-state index in [1.54, 1.807) is 21.3 Å². The van der Waals surface area contributed by atoms with E-state index >= 15 is 0 Å². The SMILES string of the molecule is COc1cc(/C=N/N2CCN(c3ccc(Cl)cc3)CC2)cc(OC)c1OC. The summed E-state index contributed by atoms with van der Waals surface area (Å²) in [6.45, 7) is 3.52. The first kappa shape index (κ1) is 19.2. The van der Waals surface area contributed by atoms with Gasteiger partial charge in [-0.05, 0) is 36.4 Å². The van der Waals surface area contributed by atoms with Gasteiger partial charge >= 0.3 is 0 Å². The lowest BCUT2D eigenvalue weighted by molar-refractivity contribution is 0.272. The number of halogens is 1. The molecule has 2 aromatic rings. The summed E-state index contributed by atoms with van der Waals surface area (Å²) in [6, 6.07) is 11.7. The van der Waals surface area contributed by atoms with Gasteiger partial charge in [0.25, 0.3) is 0 Å². The van der Waals surface area contributed by atoms with Gasteiger partial charge in [0.2, 0.25) is 5.75 Å². The predicted molar refractivity (Wildman–Crippen MR) is 109 cm³/mol. The Balaban J connectivity index is 1.65.